The second-order valence-electron chi connectivity index (χ2n) is 6.00. The fourth-order valence-electron chi connectivity index (χ4n) is 2.82. The number of rotatable bonds is 6. The van der Waals surface area contributed by atoms with E-state index in [4.69, 9.17) is 9.47 Å². The van der Waals surface area contributed by atoms with E-state index in [9.17, 15) is 4.79 Å². The van der Waals surface area contributed by atoms with E-state index >= 15 is 0 Å². The molecule has 1 heterocycles. The summed E-state index contributed by atoms with van der Waals surface area (Å²) in [6, 6.07) is 11.4. The van der Waals surface area contributed by atoms with E-state index < -0.39 is 0 Å². The molecule has 1 aromatic heterocycles. The second kappa shape index (κ2) is 7.88. The van der Waals surface area contributed by atoms with Gasteiger partial charge in [-0.05, 0) is 24.7 Å². The van der Waals surface area contributed by atoms with Gasteiger partial charge in [0.05, 0.1) is 31.7 Å². The molecule has 3 rings (SSSR count). The fraction of sp³-hybridized carbons (Fsp3) is 0.263. The van der Waals surface area contributed by atoms with Crippen molar-refractivity contribution in [3.05, 3.63) is 62.6 Å². The maximum atomic E-state index is 12.4. The van der Waals surface area contributed by atoms with Gasteiger partial charge in [-0.25, -0.2) is 4.98 Å². The lowest BCUT2D eigenvalue weighted by Crippen LogP contribution is -2.22. The van der Waals surface area contributed by atoms with Crippen LogP contribution in [0.5, 0.6) is 11.5 Å². The van der Waals surface area contributed by atoms with E-state index in [-0.39, 0.29) is 5.56 Å². The highest BCUT2D eigenvalue weighted by Gasteiger charge is 2.12. The molecule has 6 nitrogen and oxygen atoms in total. The molecule has 0 atom stereocenters. The molecule has 0 radical (unpaired) electrons. The number of halogens is 1. The quantitative estimate of drug-likeness (QED) is 0.665. The Hall–Kier alpha value is -2.38. The molecular formula is C19H20BrN3O3. The van der Waals surface area contributed by atoms with Crippen molar-refractivity contribution < 1.29 is 9.47 Å². The van der Waals surface area contributed by atoms with Crippen molar-refractivity contribution in [2.45, 2.75) is 13.1 Å². The number of fused-ring (bicyclic) bond motifs is 1. The number of ether oxygens (including phenoxy) is 2. The Morgan fingerprint density at radius 2 is 1.81 bits per heavy atom. The van der Waals surface area contributed by atoms with E-state index in [2.05, 4.69) is 36.9 Å². The monoisotopic (exact) mass is 417 g/mol. The highest BCUT2D eigenvalue weighted by atomic mass is 79.9. The highest BCUT2D eigenvalue weighted by Crippen LogP contribution is 2.30. The summed E-state index contributed by atoms with van der Waals surface area (Å²) in [5, 5.41) is 0.472. The van der Waals surface area contributed by atoms with Gasteiger partial charge in [-0.3, -0.25) is 9.69 Å². The first-order chi connectivity index (χ1) is 12.5. The molecule has 0 aliphatic rings. The molecule has 3 aromatic rings. The molecule has 0 saturated carbocycles. The van der Waals surface area contributed by atoms with Gasteiger partial charge in [0, 0.05) is 17.1 Å². The first-order valence-corrected chi connectivity index (χ1v) is 8.88. The molecule has 0 fully saturated rings. The van der Waals surface area contributed by atoms with Gasteiger partial charge >= 0.3 is 0 Å². The van der Waals surface area contributed by atoms with Crippen LogP contribution in [0.1, 0.15) is 11.4 Å². The minimum Gasteiger partial charge on any atom is -0.493 e. The predicted molar refractivity (Wildman–Crippen MR) is 105 cm³/mol. The Morgan fingerprint density at radius 1 is 1.12 bits per heavy atom. The molecule has 136 valence electrons. The van der Waals surface area contributed by atoms with Crippen LogP contribution in [-0.4, -0.2) is 36.1 Å². The van der Waals surface area contributed by atoms with Crippen molar-refractivity contribution in [3.63, 3.8) is 0 Å². The van der Waals surface area contributed by atoms with E-state index in [1.807, 2.05) is 25.2 Å². The van der Waals surface area contributed by atoms with Gasteiger partial charge in [0.1, 0.15) is 5.82 Å². The topological polar surface area (TPSA) is 67.5 Å². The zero-order valence-electron chi connectivity index (χ0n) is 14.9. The first kappa shape index (κ1) is 18.4. The van der Waals surface area contributed by atoms with Crippen LogP contribution in [0.3, 0.4) is 0 Å². The van der Waals surface area contributed by atoms with E-state index in [0.717, 1.165) is 11.0 Å². The maximum Gasteiger partial charge on any atom is 0.258 e. The summed E-state index contributed by atoms with van der Waals surface area (Å²) in [5.41, 5.74) is 1.56. The first-order valence-electron chi connectivity index (χ1n) is 8.08. The van der Waals surface area contributed by atoms with E-state index in [1.54, 1.807) is 19.2 Å². The number of H-pyrrole nitrogens is 1. The summed E-state index contributed by atoms with van der Waals surface area (Å²) in [7, 11) is 5.08. The molecule has 2 aromatic carbocycles. The minimum absolute atomic E-state index is 0.194. The van der Waals surface area contributed by atoms with Crippen molar-refractivity contribution in [3.8, 4) is 11.5 Å². The zero-order chi connectivity index (χ0) is 18.7. The fourth-order valence-corrected chi connectivity index (χ4v) is 3.23. The van der Waals surface area contributed by atoms with Gasteiger partial charge in [-0.1, -0.05) is 34.1 Å². The number of methoxy groups -OCH3 is 2. The number of nitrogens with one attached hydrogen (secondary N) is 1. The van der Waals surface area contributed by atoms with Gasteiger partial charge in [0.15, 0.2) is 11.5 Å². The van der Waals surface area contributed by atoms with Crippen LogP contribution in [0.15, 0.2) is 45.7 Å². The summed E-state index contributed by atoms with van der Waals surface area (Å²) in [5.74, 6) is 1.65. The zero-order valence-corrected chi connectivity index (χ0v) is 16.5. The number of aromatic nitrogens is 2. The highest BCUT2D eigenvalue weighted by molar-refractivity contribution is 9.10. The molecule has 0 spiro atoms. The molecule has 1 N–H and O–H groups in total. The van der Waals surface area contributed by atoms with E-state index in [1.165, 1.54) is 12.7 Å². The summed E-state index contributed by atoms with van der Waals surface area (Å²) < 4.78 is 11.6. The third kappa shape index (κ3) is 3.89. The number of hydrogen-bond donors (Lipinski definition) is 1. The van der Waals surface area contributed by atoms with Crippen LogP contribution in [0.2, 0.25) is 0 Å². The Bertz CT molecular complexity index is 987. The van der Waals surface area contributed by atoms with Crippen LogP contribution >= 0.6 is 15.9 Å². The Morgan fingerprint density at radius 3 is 2.50 bits per heavy atom. The number of benzene rings is 2. The molecule has 0 unspecified atom stereocenters. The second-order valence-corrected chi connectivity index (χ2v) is 6.85. The lowest BCUT2D eigenvalue weighted by molar-refractivity contribution is 0.310. The standard InChI is InChI=1S/C19H20BrN3O3/c1-23(10-12-6-4-5-7-14(12)20)11-18-21-15-9-17(26-3)16(25-2)8-13(15)19(24)22-18/h4-9H,10-11H2,1-3H3,(H,21,22,24). The molecular weight excluding hydrogens is 398 g/mol. The molecule has 26 heavy (non-hydrogen) atoms. The van der Waals surface area contributed by atoms with Crippen molar-refractivity contribution in [1.82, 2.24) is 14.9 Å². The van der Waals surface area contributed by atoms with Crippen molar-refractivity contribution >= 4 is 26.8 Å². The summed E-state index contributed by atoms with van der Waals surface area (Å²) in [4.78, 5) is 22.0. The van der Waals surface area contributed by atoms with Crippen LogP contribution in [0.4, 0.5) is 0 Å². The van der Waals surface area contributed by atoms with Crippen molar-refractivity contribution in [2.75, 3.05) is 21.3 Å². The third-order valence-electron chi connectivity index (χ3n) is 4.08. The molecule has 0 aliphatic carbocycles. The average Bonchev–Trinajstić information content (AvgIpc) is 2.62. The lowest BCUT2D eigenvalue weighted by Gasteiger charge is -2.17. The van der Waals surface area contributed by atoms with Gasteiger partial charge in [-0.2, -0.15) is 0 Å². The van der Waals surface area contributed by atoms with Crippen LogP contribution < -0.4 is 15.0 Å². The van der Waals surface area contributed by atoms with Crippen LogP contribution in [-0.2, 0) is 13.1 Å². The van der Waals surface area contributed by atoms with Gasteiger partial charge in [0.2, 0.25) is 0 Å². The molecule has 0 saturated heterocycles. The lowest BCUT2D eigenvalue weighted by atomic mass is 10.2. The Balaban J connectivity index is 1.88. The van der Waals surface area contributed by atoms with Crippen LogP contribution in [0, 0.1) is 0 Å². The number of hydrogen-bond acceptors (Lipinski definition) is 5. The minimum atomic E-state index is -0.194. The maximum absolute atomic E-state index is 12.4. The summed E-state index contributed by atoms with van der Waals surface area (Å²) >= 11 is 3.56. The van der Waals surface area contributed by atoms with Gasteiger partial charge in [0.25, 0.3) is 5.56 Å². The predicted octanol–water partition coefficient (Wildman–Crippen LogP) is 3.33. The largest absolute Gasteiger partial charge is 0.493 e. The van der Waals surface area contributed by atoms with Crippen molar-refractivity contribution in [1.29, 1.82) is 0 Å². The Labute approximate surface area is 159 Å². The average molecular weight is 418 g/mol. The summed E-state index contributed by atoms with van der Waals surface area (Å²) in [6.07, 6.45) is 0. The smallest absolute Gasteiger partial charge is 0.258 e. The summed E-state index contributed by atoms with van der Waals surface area (Å²) in [6.45, 7) is 1.25. The van der Waals surface area contributed by atoms with Gasteiger partial charge < -0.3 is 14.5 Å². The van der Waals surface area contributed by atoms with Crippen LogP contribution in [0.25, 0.3) is 10.9 Å². The van der Waals surface area contributed by atoms with Crippen molar-refractivity contribution in [2.24, 2.45) is 0 Å². The molecule has 0 aliphatic heterocycles. The number of aromatic amines is 1. The Kier molecular flexibility index (Phi) is 5.58. The van der Waals surface area contributed by atoms with E-state index in [0.29, 0.717) is 34.8 Å². The third-order valence-corrected chi connectivity index (χ3v) is 4.85. The molecule has 0 amide bonds. The SMILES string of the molecule is COc1cc2nc(CN(C)Cc3ccccc3Br)[nH]c(=O)c2cc1OC. The van der Waals surface area contributed by atoms with Gasteiger partial charge in [-0.15, -0.1) is 0 Å². The molecule has 7 heteroatoms. The normalized spacial score (nSPS) is 11.1. The molecule has 0 bridgehead atoms. The number of nitrogens with zero attached hydrogens (tertiary/aromatic N) is 2.